The molecule has 0 aliphatic heterocycles. The van der Waals surface area contributed by atoms with Gasteiger partial charge in [0.1, 0.15) is 6.10 Å². The van der Waals surface area contributed by atoms with E-state index in [-0.39, 0.29) is 19.3 Å². The van der Waals surface area contributed by atoms with Crippen LogP contribution in [0.4, 0.5) is 0 Å². The van der Waals surface area contributed by atoms with Gasteiger partial charge in [0, 0.05) is 0 Å². The third-order valence-electron chi connectivity index (χ3n) is 3.13. The van der Waals surface area contributed by atoms with Crippen molar-refractivity contribution < 1.29 is 14.9 Å². The minimum Gasteiger partial charge on any atom is -0.394 e. The molecule has 1 aliphatic rings. The number of aliphatic hydroxyl groups is 2. The summed E-state index contributed by atoms with van der Waals surface area (Å²) < 4.78 is 5.65. The molecule has 0 radical (unpaired) electrons. The first kappa shape index (κ1) is 12.0. The molecule has 0 aromatic carbocycles. The first-order valence-corrected chi connectivity index (χ1v) is 5.55. The van der Waals surface area contributed by atoms with E-state index in [9.17, 15) is 5.11 Å². The zero-order valence-corrected chi connectivity index (χ0v) is 9.15. The summed E-state index contributed by atoms with van der Waals surface area (Å²) in [6.07, 6.45) is 3.24. The molecule has 1 aliphatic carbocycles. The Bertz CT molecular complexity index is 151. The van der Waals surface area contributed by atoms with Gasteiger partial charge in [-0.05, 0) is 24.7 Å². The summed E-state index contributed by atoms with van der Waals surface area (Å²) in [4.78, 5) is 0. The van der Waals surface area contributed by atoms with Crippen molar-refractivity contribution in [2.75, 3.05) is 13.2 Å². The summed E-state index contributed by atoms with van der Waals surface area (Å²) in [6.45, 7) is 4.45. The second-order valence-electron chi connectivity index (χ2n) is 4.52. The fourth-order valence-electron chi connectivity index (χ4n) is 2.25. The highest BCUT2D eigenvalue weighted by Gasteiger charge is 2.28. The van der Waals surface area contributed by atoms with Crippen LogP contribution in [0.15, 0.2) is 0 Å². The third kappa shape index (κ3) is 3.23. The van der Waals surface area contributed by atoms with Gasteiger partial charge in [-0.1, -0.05) is 20.3 Å². The Morgan fingerprint density at radius 1 is 1.29 bits per heavy atom. The SMILES string of the molecule is CC1CCCC(C)C1OCC(O)CO. The Morgan fingerprint density at radius 2 is 1.86 bits per heavy atom. The minimum absolute atomic E-state index is 0.213. The maximum Gasteiger partial charge on any atom is 0.100 e. The summed E-state index contributed by atoms with van der Waals surface area (Å²) in [7, 11) is 0. The van der Waals surface area contributed by atoms with Crippen molar-refractivity contribution in [3.8, 4) is 0 Å². The molecule has 0 heterocycles. The van der Waals surface area contributed by atoms with Crippen LogP contribution in [0.1, 0.15) is 33.1 Å². The lowest BCUT2D eigenvalue weighted by Gasteiger charge is -2.34. The molecule has 3 heteroatoms. The molecule has 0 amide bonds. The number of rotatable bonds is 4. The summed E-state index contributed by atoms with van der Waals surface area (Å²) in [5.41, 5.74) is 0. The van der Waals surface area contributed by atoms with E-state index < -0.39 is 6.10 Å². The largest absolute Gasteiger partial charge is 0.394 e. The van der Waals surface area contributed by atoms with Gasteiger partial charge in [0.2, 0.25) is 0 Å². The van der Waals surface area contributed by atoms with Gasteiger partial charge in [0.25, 0.3) is 0 Å². The maximum atomic E-state index is 9.19. The van der Waals surface area contributed by atoms with Crippen LogP contribution in [-0.4, -0.2) is 35.6 Å². The van der Waals surface area contributed by atoms with Crippen LogP contribution in [-0.2, 0) is 4.74 Å². The van der Waals surface area contributed by atoms with Crippen LogP contribution >= 0.6 is 0 Å². The predicted molar refractivity (Wildman–Crippen MR) is 55.0 cm³/mol. The molecule has 3 atom stereocenters. The predicted octanol–water partition coefficient (Wildman–Crippen LogP) is 1.18. The molecule has 0 aromatic heterocycles. The van der Waals surface area contributed by atoms with Crippen LogP contribution in [0.2, 0.25) is 0 Å². The molecule has 0 saturated heterocycles. The minimum atomic E-state index is -0.726. The first-order chi connectivity index (χ1) is 6.65. The molecule has 1 rings (SSSR count). The fraction of sp³-hybridized carbons (Fsp3) is 1.00. The van der Waals surface area contributed by atoms with Crippen LogP contribution in [0, 0.1) is 11.8 Å². The lowest BCUT2D eigenvalue weighted by atomic mass is 9.80. The van der Waals surface area contributed by atoms with E-state index in [4.69, 9.17) is 9.84 Å². The monoisotopic (exact) mass is 202 g/mol. The van der Waals surface area contributed by atoms with Crippen molar-refractivity contribution in [1.82, 2.24) is 0 Å². The number of aliphatic hydroxyl groups excluding tert-OH is 2. The summed E-state index contributed by atoms with van der Waals surface area (Å²) in [5, 5.41) is 17.9. The second kappa shape index (κ2) is 5.69. The average molecular weight is 202 g/mol. The summed E-state index contributed by atoms with van der Waals surface area (Å²) in [6, 6.07) is 0. The van der Waals surface area contributed by atoms with Gasteiger partial charge < -0.3 is 14.9 Å². The molecule has 3 nitrogen and oxygen atoms in total. The van der Waals surface area contributed by atoms with Gasteiger partial charge in [-0.25, -0.2) is 0 Å². The van der Waals surface area contributed by atoms with Crippen molar-refractivity contribution >= 4 is 0 Å². The van der Waals surface area contributed by atoms with Crippen molar-refractivity contribution in [1.29, 1.82) is 0 Å². The van der Waals surface area contributed by atoms with Gasteiger partial charge in [0.05, 0.1) is 19.3 Å². The number of ether oxygens (including phenoxy) is 1. The zero-order chi connectivity index (χ0) is 10.6. The van der Waals surface area contributed by atoms with Crippen LogP contribution in [0.3, 0.4) is 0 Å². The van der Waals surface area contributed by atoms with Gasteiger partial charge in [-0.2, -0.15) is 0 Å². The zero-order valence-electron chi connectivity index (χ0n) is 9.15. The van der Waals surface area contributed by atoms with E-state index in [0.717, 1.165) is 0 Å². The Labute approximate surface area is 86.1 Å². The lowest BCUT2D eigenvalue weighted by molar-refractivity contribution is -0.0786. The molecular formula is C11H22O3. The van der Waals surface area contributed by atoms with Gasteiger partial charge in [-0.3, -0.25) is 0 Å². The highest BCUT2D eigenvalue weighted by Crippen LogP contribution is 2.31. The fourth-order valence-corrected chi connectivity index (χ4v) is 2.25. The van der Waals surface area contributed by atoms with Crippen molar-refractivity contribution in [3.63, 3.8) is 0 Å². The number of hydrogen-bond donors (Lipinski definition) is 2. The standard InChI is InChI=1S/C11H22O3/c1-8-4-3-5-9(2)11(8)14-7-10(13)6-12/h8-13H,3-7H2,1-2H3. The van der Waals surface area contributed by atoms with Crippen LogP contribution in [0.25, 0.3) is 0 Å². The molecule has 1 saturated carbocycles. The number of hydrogen-bond acceptors (Lipinski definition) is 3. The molecular weight excluding hydrogens is 180 g/mol. The van der Waals surface area contributed by atoms with Crippen LogP contribution in [0.5, 0.6) is 0 Å². The molecule has 3 unspecified atom stereocenters. The molecule has 0 spiro atoms. The quantitative estimate of drug-likeness (QED) is 0.719. The Kier molecular flexibility index (Phi) is 4.85. The molecule has 0 aromatic rings. The topological polar surface area (TPSA) is 49.7 Å². The highest BCUT2D eigenvalue weighted by molar-refractivity contribution is 4.78. The molecule has 0 bridgehead atoms. The molecule has 2 N–H and O–H groups in total. The van der Waals surface area contributed by atoms with E-state index in [0.29, 0.717) is 11.8 Å². The van der Waals surface area contributed by atoms with E-state index in [1.54, 1.807) is 0 Å². The van der Waals surface area contributed by atoms with Gasteiger partial charge in [-0.15, -0.1) is 0 Å². The van der Waals surface area contributed by atoms with E-state index >= 15 is 0 Å². The maximum absolute atomic E-state index is 9.19. The van der Waals surface area contributed by atoms with Crippen LogP contribution < -0.4 is 0 Å². The van der Waals surface area contributed by atoms with E-state index in [1.165, 1.54) is 19.3 Å². The molecule has 14 heavy (non-hydrogen) atoms. The first-order valence-electron chi connectivity index (χ1n) is 5.55. The smallest absolute Gasteiger partial charge is 0.100 e. The van der Waals surface area contributed by atoms with Gasteiger partial charge >= 0.3 is 0 Å². The van der Waals surface area contributed by atoms with Gasteiger partial charge in [0.15, 0.2) is 0 Å². The normalized spacial score (nSPS) is 35.6. The Morgan fingerprint density at radius 3 is 2.36 bits per heavy atom. The Balaban J connectivity index is 2.32. The lowest BCUT2D eigenvalue weighted by Crippen LogP contribution is -2.35. The van der Waals surface area contributed by atoms with Crippen molar-refractivity contribution in [2.24, 2.45) is 11.8 Å². The third-order valence-corrected chi connectivity index (χ3v) is 3.13. The Hall–Kier alpha value is -0.120. The highest BCUT2D eigenvalue weighted by atomic mass is 16.5. The average Bonchev–Trinajstić information content (AvgIpc) is 2.16. The molecule has 1 fully saturated rings. The second-order valence-corrected chi connectivity index (χ2v) is 4.52. The summed E-state index contributed by atoms with van der Waals surface area (Å²) >= 11 is 0. The van der Waals surface area contributed by atoms with Crippen molar-refractivity contribution in [2.45, 2.75) is 45.3 Å². The van der Waals surface area contributed by atoms with E-state index in [1.807, 2.05) is 0 Å². The summed E-state index contributed by atoms with van der Waals surface area (Å²) in [5.74, 6) is 1.15. The molecule has 84 valence electrons. The van der Waals surface area contributed by atoms with E-state index in [2.05, 4.69) is 13.8 Å². The van der Waals surface area contributed by atoms with Crippen molar-refractivity contribution in [3.05, 3.63) is 0 Å².